The summed E-state index contributed by atoms with van der Waals surface area (Å²) >= 11 is 3.37. The lowest BCUT2D eigenvalue weighted by Gasteiger charge is -2.09. The van der Waals surface area contributed by atoms with Crippen molar-refractivity contribution in [3.05, 3.63) is 28.5 Å². The summed E-state index contributed by atoms with van der Waals surface area (Å²) in [5.74, 6) is 0. The van der Waals surface area contributed by atoms with Crippen molar-refractivity contribution in [2.24, 2.45) is 0 Å². The zero-order valence-electron chi connectivity index (χ0n) is 7.96. The van der Waals surface area contributed by atoms with Crippen molar-refractivity contribution in [1.82, 2.24) is 4.98 Å². The topological polar surface area (TPSA) is 22.1 Å². The van der Waals surface area contributed by atoms with Gasteiger partial charge in [0.1, 0.15) is 0 Å². The first kappa shape index (κ1) is 10.7. The molecular formula is C10H14BrNO. The molecule has 1 aromatic heterocycles. The van der Waals surface area contributed by atoms with Crippen LogP contribution in [0.3, 0.4) is 0 Å². The number of hydrogen-bond acceptors (Lipinski definition) is 2. The van der Waals surface area contributed by atoms with Crippen LogP contribution in [0.4, 0.5) is 0 Å². The molecule has 0 spiro atoms. The number of hydrogen-bond donors (Lipinski definition) is 0. The maximum Gasteiger partial charge on any atom is 0.0735 e. The summed E-state index contributed by atoms with van der Waals surface area (Å²) in [5.41, 5.74) is 1.11. The Bertz CT molecular complexity index is 265. The molecule has 0 radical (unpaired) electrons. The molecule has 0 bridgehead atoms. The summed E-state index contributed by atoms with van der Waals surface area (Å²) in [7, 11) is 0. The van der Waals surface area contributed by atoms with Gasteiger partial charge in [0.05, 0.1) is 12.7 Å². The molecule has 0 aromatic carbocycles. The smallest absolute Gasteiger partial charge is 0.0735 e. The second-order valence-electron chi connectivity index (χ2n) is 3.04. The van der Waals surface area contributed by atoms with Gasteiger partial charge in [-0.1, -0.05) is 6.92 Å². The molecule has 3 heteroatoms. The van der Waals surface area contributed by atoms with Crippen LogP contribution in [0.5, 0.6) is 0 Å². The van der Waals surface area contributed by atoms with Crippen molar-refractivity contribution in [2.75, 3.05) is 0 Å². The molecule has 1 aromatic rings. The molecule has 0 aliphatic heterocycles. The van der Waals surface area contributed by atoms with Gasteiger partial charge in [-0.2, -0.15) is 0 Å². The third-order valence-electron chi connectivity index (χ3n) is 1.87. The highest BCUT2D eigenvalue weighted by Crippen LogP contribution is 2.11. The lowest BCUT2D eigenvalue weighted by atomic mass is 10.3. The Morgan fingerprint density at radius 1 is 1.54 bits per heavy atom. The molecule has 1 rings (SSSR count). The van der Waals surface area contributed by atoms with E-state index < -0.39 is 0 Å². The minimum atomic E-state index is 0.319. The van der Waals surface area contributed by atoms with Gasteiger partial charge in [0, 0.05) is 16.9 Å². The third kappa shape index (κ3) is 3.87. The number of aromatic nitrogens is 1. The van der Waals surface area contributed by atoms with E-state index >= 15 is 0 Å². The predicted molar refractivity (Wildman–Crippen MR) is 56.5 cm³/mol. The molecule has 1 atom stereocenters. The first-order chi connectivity index (χ1) is 6.22. The monoisotopic (exact) mass is 243 g/mol. The lowest BCUT2D eigenvalue weighted by Crippen LogP contribution is -2.06. The molecule has 0 amide bonds. The van der Waals surface area contributed by atoms with Gasteiger partial charge >= 0.3 is 0 Å². The molecule has 0 N–H and O–H groups in total. The van der Waals surface area contributed by atoms with Crippen LogP contribution in [0.1, 0.15) is 25.8 Å². The average molecular weight is 244 g/mol. The molecular weight excluding hydrogens is 230 g/mol. The fraction of sp³-hybridized carbons (Fsp3) is 0.500. The van der Waals surface area contributed by atoms with Crippen molar-refractivity contribution in [1.29, 1.82) is 0 Å². The SMILES string of the molecule is CCC(C)OCc1cncc(Br)c1. The maximum atomic E-state index is 5.57. The lowest BCUT2D eigenvalue weighted by molar-refractivity contribution is 0.0507. The Hall–Kier alpha value is -0.410. The highest BCUT2D eigenvalue weighted by molar-refractivity contribution is 9.10. The molecule has 2 nitrogen and oxygen atoms in total. The van der Waals surface area contributed by atoms with Crippen LogP contribution in [0, 0.1) is 0 Å². The van der Waals surface area contributed by atoms with E-state index in [4.69, 9.17) is 4.74 Å². The Labute approximate surface area is 87.5 Å². The van der Waals surface area contributed by atoms with E-state index in [9.17, 15) is 0 Å². The summed E-state index contributed by atoms with van der Waals surface area (Å²) in [5, 5.41) is 0. The molecule has 0 fully saturated rings. The van der Waals surface area contributed by atoms with Crippen LogP contribution in [0.15, 0.2) is 22.9 Å². The largest absolute Gasteiger partial charge is 0.374 e. The molecule has 13 heavy (non-hydrogen) atoms. The van der Waals surface area contributed by atoms with Gasteiger partial charge in [-0.3, -0.25) is 4.98 Å². The predicted octanol–water partition coefficient (Wildman–Crippen LogP) is 3.16. The second kappa shape index (κ2) is 5.35. The van der Waals surface area contributed by atoms with E-state index in [1.807, 2.05) is 12.3 Å². The van der Waals surface area contributed by atoms with Gasteiger partial charge in [-0.25, -0.2) is 0 Å². The van der Waals surface area contributed by atoms with Crippen LogP contribution in [0.25, 0.3) is 0 Å². The van der Waals surface area contributed by atoms with E-state index in [2.05, 4.69) is 34.8 Å². The molecule has 1 unspecified atom stereocenters. The quantitative estimate of drug-likeness (QED) is 0.811. The van der Waals surface area contributed by atoms with Gasteiger partial charge in [0.15, 0.2) is 0 Å². The molecule has 0 aliphatic rings. The van der Waals surface area contributed by atoms with Gasteiger partial charge in [-0.05, 0) is 40.9 Å². The summed E-state index contributed by atoms with van der Waals surface area (Å²) in [4.78, 5) is 4.06. The van der Waals surface area contributed by atoms with Crippen molar-refractivity contribution >= 4 is 15.9 Å². The van der Waals surface area contributed by atoms with Crippen LogP contribution >= 0.6 is 15.9 Å². The number of rotatable bonds is 4. The van der Waals surface area contributed by atoms with Crippen LogP contribution < -0.4 is 0 Å². The number of ether oxygens (including phenoxy) is 1. The van der Waals surface area contributed by atoms with Gasteiger partial charge in [0.25, 0.3) is 0 Å². The first-order valence-electron chi connectivity index (χ1n) is 4.43. The minimum absolute atomic E-state index is 0.319. The highest BCUT2D eigenvalue weighted by Gasteiger charge is 1.99. The summed E-state index contributed by atoms with van der Waals surface area (Å²) < 4.78 is 6.57. The Balaban J connectivity index is 2.45. The Morgan fingerprint density at radius 2 is 2.31 bits per heavy atom. The van der Waals surface area contributed by atoms with E-state index in [-0.39, 0.29) is 0 Å². The first-order valence-corrected chi connectivity index (χ1v) is 5.22. The van der Waals surface area contributed by atoms with Gasteiger partial charge < -0.3 is 4.74 Å². The highest BCUT2D eigenvalue weighted by atomic mass is 79.9. The Kier molecular flexibility index (Phi) is 4.39. The standard InChI is InChI=1S/C10H14BrNO/c1-3-8(2)13-7-9-4-10(11)6-12-5-9/h4-6,8H,3,7H2,1-2H3. The van der Waals surface area contributed by atoms with Gasteiger partial charge in [-0.15, -0.1) is 0 Å². The maximum absolute atomic E-state index is 5.57. The molecule has 72 valence electrons. The van der Waals surface area contributed by atoms with Crippen molar-refractivity contribution in [2.45, 2.75) is 33.0 Å². The zero-order chi connectivity index (χ0) is 9.68. The number of nitrogens with zero attached hydrogens (tertiary/aromatic N) is 1. The van der Waals surface area contributed by atoms with Crippen LogP contribution in [-0.2, 0) is 11.3 Å². The summed E-state index contributed by atoms with van der Waals surface area (Å²) in [6, 6.07) is 2.02. The second-order valence-corrected chi connectivity index (χ2v) is 3.96. The van der Waals surface area contributed by atoms with Crippen molar-refractivity contribution < 1.29 is 4.74 Å². The molecule has 0 aliphatic carbocycles. The summed E-state index contributed by atoms with van der Waals surface area (Å²) in [6.45, 7) is 4.83. The van der Waals surface area contributed by atoms with E-state index in [1.54, 1.807) is 6.20 Å². The van der Waals surface area contributed by atoms with E-state index in [0.29, 0.717) is 12.7 Å². The number of pyridine rings is 1. The number of halogens is 1. The van der Waals surface area contributed by atoms with Crippen LogP contribution in [-0.4, -0.2) is 11.1 Å². The fourth-order valence-corrected chi connectivity index (χ4v) is 1.30. The fourth-order valence-electron chi connectivity index (χ4n) is 0.891. The zero-order valence-corrected chi connectivity index (χ0v) is 9.54. The molecule has 0 saturated carbocycles. The molecule has 1 heterocycles. The Morgan fingerprint density at radius 3 is 2.92 bits per heavy atom. The van der Waals surface area contributed by atoms with Crippen LogP contribution in [0.2, 0.25) is 0 Å². The minimum Gasteiger partial charge on any atom is -0.374 e. The summed E-state index contributed by atoms with van der Waals surface area (Å²) in [6.07, 6.45) is 4.96. The molecule has 0 saturated heterocycles. The van der Waals surface area contributed by atoms with Crippen molar-refractivity contribution in [3.8, 4) is 0 Å². The third-order valence-corrected chi connectivity index (χ3v) is 2.30. The van der Waals surface area contributed by atoms with Gasteiger partial charge in [0.2, 0.25) is 0 Å². The normalized spacial score (nSPS) is 12.8. The van der Waals surface area contributed by atoms with E-state index in [1.165, 1.54) is 0 Å². The van der Waals surface area contributed by atoms with Crippen molar-refractivity contribution in [3.63, 3.8) is 0 Å². The van der Waals surface area contributed by atoms with E-state index in [0.717, 1.165) is 16.5 Å². The average Bonchev–Trinajstić information content (AvgIpc) is 2.14.